The number of halogens is 2. The van der Waals surface area contributed by atoms with Gasteiger partial charge in [-0.3, -0.25) is 10.4 Å². The van der Waals surface area contributed by atoms with E-state index in [9.17, 15) is 4.79 Å². The second-order valence-electron chi connectivity index (χ2n) is 6.74. The Morgan fingerprint density at radius 3 is 2.70 bits per heavy atom. The average Bonchev–Trinajstić information content (AvgIpc) is 3.18. The van der Waals surface area contributed by atoms with Crippen LogP contribution in [0.15, 0.2) is 47.4 Å². The third-order valence-corrected chi connectivity index (χ3v) is 5.44. The van der Waals surface area contributed by atoms with E-state index in [1.165, 1.54) is 6.20 Å². The van der Waals surface area contributed by atoms with Crippen LogP contribution in [0.2, 0.25) is 10.0 Å². The van der Waals surface area contributed by atoms with E-state index in [1.54, 1.807) is 18.2 Å². The molecule has 0 radical (unpaired) electrons. The monoisotopic (exact) mass is 440 g/mol. The topological polar surface area (TPSA) is 109 Å². The Bertz CT molecular complexity index is 1410. The molecule has 150 valence electrons. The van der Waals surface area contributed by atoms with Crippen molar-refractivity contribution < 1.29 is 4.74 Å². The van der Waals surface area contributed by atoms with E-state index in [4.69, 9.17) is 33.3 Å². The van der Waals surface area contributed by atoms with Gasteiger partial charge in [0, 0.05) is 11.9 Å². The molecule has 10 heteroatoms. The summed E-state index contributed by atoms with van der Waals surface area (Å²) in [7, 11) is 0. The van der Waals surface area contributed by atoms with Crippen LogP contribution >= 0.6 is 23.2 Å². The van der Waals surface area contributed by atoms with E-state index in [0.29, 0.717) is 24.5 Å². The van der Waals surface area contributed by atoms with Crippen molar-refractivity contribution in [1.29, 1.82) is 5.41 Å². The van der Waals surface area contributed by atoms with Crippen LogP contribution in [-0.2, 0) is 18.0 Å². The van der Waals surface area contributed by atoms with Gasteiger partial charge in [-0.15, -0.1) is 0 Å². The summed E-state index contributed by atoms with van der Waals surface area (Å²) in [6, 6.07) is 10.8. The largest absolute Gasteiger partial charge is 0.372 e. The molecule has 0 unspecified atom stereocenters. The molecule has 1 aliphatic heterocycles. The Morgan fingerprint density at radius 2 is 1.90 bits per heavy atom. The van der Waals surface area contributed by atoms with E-state index in [1.807, 2.05) is 18.2 Å². The molecule has 0 saturated carbocycles. The van der Waals surface area contributed by atoms with Gasteiger partial charge in [-0.2, -0.15) is 4.98 Å². The lowest BCUT2D eigenvalue weighted by Crippen LogP contribution is -2.34. The number of nitrogens with one attached hydrogen (secondary N) is 3. The molecule has 3 N–H and O–H groups in total. The van der Waals surface area contributed by atoms with Gasteiger partial charge >= 0.3 is 5.69 Å². The van der Waals surface area contributed by atoms with Crippen molar-refractivity contribution in [2.75, 3.05) is 5.32 Å². The first kappa shape index (κ1) is 18.8. The van der Waals surface area contributed by atoms with Gasteiger partial charge in [0.25, 0.3) is 0 Å². The summed E-state index contributed by atoms with van der Waals surface area (Å²) in [5.74, 6) is 0.296. The highest BCUT2D eigenvalue weighted by Gasteiger charge is 2.15. The fraction of sp³-hybridized carbons (Fsp3) is 0.100. The van der Waals surface area contributed by atoms with Crippen molar-refractivity contribution >= 4 is 45.9 Å². The summed E-state index contributed by atoms with van der Waals surface area (Å²) in [4.78, 5) is 24.1. The number of H-pyrrole nitrogens is 1. The highest BCUT2D eigenvalue weighted by Crippen LogP contribution is 2.27. The maximum atomic E-state index is 12.7. The minimum absolute atomic E-state index is 0.120. The maximum Gasteiger partial charge on any atom is 0.333 e. The fourth-order valence-corrected chi connectivity index (χ4v) is 3.95. The number of hydrogen-bond acceptors (Lipinski definition) is 6. The Balaban J connectivity index is 1.58. The van der Waals surface area contributed by atoms with Crippen LogP contribution in [0.3, 0.4) is 0 Å². The summed E-state index contributed by atoms with van der Waals surface area (Å²) in [6.45, 7) is 1.19. The smallest absolute Gasteiger partial charge is 0.333 e. The molecule has 0 bridgehead atoms. The molecule has 4 aromatic rings. The van der Waals surface area contributed by atoms with Crippen molar-refractivity contribution in [2.24, 2.45) is 0 Å². The van der Waals surface area contributed by atoms with Crippen molar-refractivity contribution in [3.8, 4) is 5.69 Å². The summed E-state index contributed by atoms with van der Waals surface area (Å²) < 4.78 is 6.53. The normalized spacial score (nSPS) is 12.9. The van der Waals surface area contributed by atoms with E-state index in [0.717, 1.165) is 21.4 Å². The number of fused-ring (bicyclic) bond motifs is 2. The Hall–Kier alpha value is -3.20. The summed E-state index contributed by atoms with van der Waals surface area (Å²) in [5, 5.41) is 12.5. The molecule has 30 heavy (non-hydrogen) atoms. The molecule has 3 heterocycles. The number of aromatic nitrogens is 4. The van der Waals surface area contributed by atoms with Crippen LogP contribution in [0.1, 0.15) is 11.1 Å². The lowest BCUT2D eigenvalue weighted by molar-refractivity contribution is 0.134. The van der Waals surface area contributed by atoms with Gasteiger partial charge in [0.15, 0.2) is 5.65 Å². The predicted molar refractivity (Wildman–Crippen MR) is 114 cm³/mol. The molecule has 0 fully saturated rings. The van der Waals surface area contributed by atoms with Crippen LogP contribution in [-0.4, -0.2) is 19.5 Å². The zero-order chi connectivity index (χ0) is 20.8. The molecule has 0 spiro atoms. The molecule has 0 amide bonds. The van der Waals surface area contributed by atoms with Crippen LogP contribution in [0, 0.1) is 5.41 Å². The Labute approximate surface area is 179 Å². The van der Waals surface area contributed by atoms with Gasteiger partial charge in [-0.05, 0) is 35.4 Å². The molecular weight excluding hydrogens is 427 g/mol. The highest BCUT2D eigenvalue weighted by atomic mass is 35.5. The van der Waals surface area contributed by atoms with Gasteiger partial charge < -0.3 is 10.1 Å². The van der Waals surface area contributed by atoms with Crippen molar-refractivity contribution in [2.45, 2.75) is 13.2 Å². The average molecular weight is 441 g/mol. The number of hydrogen-bond donors (Lipinski definition) is 3. The van der Waals surface area contributed by atoms with Crippen molar-refractivity contribution in [3.63, 3.8) is 0 Å². The number of nitrogens with zero attached hydrogens (tertiary/aromatic N) is 3. The fourth-order valence-electron chi connectivity index (χ4n) is 3.38. The van der Waals surface area contributed by atoms with Gasteiger partial charge in [0.05, 0.1) is 34.3 Å². The molecule has 0 aliphatic carbocycles. The van der Waals surface area contributed by atoms with Crippen LogP contribution in [0.4, 0.5) is 11.6 Å². The molecule has 1 aliphatic rings. The highest BCUT2D eigenvalue weighted by molar-refractivity contribution is 6.37. The van der Waals surface area contributed by atoms with Gasteiger partial charge in [-0.25, -0.2) is 14.3 Å². The molecule has 0 atom stereocenters. The lowest BCUT2D eigenvalue weighted by atomic mass is 10.1. The van der Waals surface area contributed by atoms with Gasteiger partial charge in [-0.1, -0.05) is 35.3 Å². The summed E-state index contributed by atoms with van der Waals surface area (Å²) in [5.41, 5.74) is 2.84. The first-order chi connectivity index (χ1) is 14.5. The summed E-state index contributed by atoms with van der Waals surface area (Å²) in [6.07, 6.45) is 1.47. The SMILES string of the molecule is N=c1c2cnc(Nc3ccc4c(c3)COC4)nc2[nH]c(=O)n1-c1c(Cl)cccc1Cl. The molecule has 0 saturated heterocycles. The Kier molecular flexibility index (Phi) is 4.54. The third-order valence-electron chi connectivity index (χ3n) is 4.83. The zero-order valence-electron chi connectivity index (χ0n) is 15.4. The zero-order valence-corrected chi connectivity index (χ0v) is 16.9. The number of aromatic amines is 1. The number of benzene rings is 2. The third kappa shape index (κ3) is 3.15. The minimum Gasteiger partial charge on any atom is -0.372 e. The number of anilines is 2. The number of para-hydroxylation sites is 1. The molecule has 2 aromatic heterocycles. The van der Waals surface area contributed by atoms with Gasteiger partial charge in [0.1, 0.15) is 5.49 Å². The molecule has 8 nitrogen and oxygen atoms in total. The summed E-state index contributed by atoms with van der Waals surface area (Å²) >= 11 is 12.4. The Morgan fingerprint density at radius 1 is 1.13 bits per heavy atom. The number of ether oxygens (including phenoxy) is 1. The molecular formula is C20H14Cl2N6O2. The van der Waals surface area contributed by atoms with E-state index in [-0.39, 0.29) is 26.9 Å². The van der Waals surface area contributed by atoms with Crippen LogP contribution in [0.25, 0.3) is 16.7 Å². The first-order valence-electron chi connectivity index (χ1n) is 8.99. The molecule has 2 aromatic carbocycles. The minimum atomic E-state index is -0.582. The predicted octanol–water partition coefficient (Wildman–Crippen LogP) is 3.67. The van der Waals surface area contributed by atoms with Gasteiger partial charge in [0.2, 0.25) is 5.95 Å². The van der Waals surface area contributed by atoms with Crippen molar-refractivity contribution in [1.82, 2.24) is 19.5 Å². The van der Waals surface area contributed by atoms with E-state index in [2.05, 4.69) is 20.3 Å². The van der Waals surface area contributed by atoms with E-state index < -0.39 is 5.69 Å². The standard InChI is InChI=1S/C20H14Cl2N6O2/c21-14-2-1-3-15(22)16(14)28-17(23)13-7-24-19(26-18(13)27-20(28)29)25-12-5-4-10-8-30-9-11(10)6-12/h1-7,23H,8-9H2,(H2,24,25,26,27,29). The second kappa shape index (κ2) is 7.24. The number of rotatable bonds is 3. The van der Waals surface area contributed by atoms with Crippen LogP contribution < -0.4 is 16.5 Å². The quantitative estimate of drug-likeness (QED) is 0.450. The second-order valence-corrected chi connectivity index (χ2v) is 7.56. The van der Waals surface area contributed by atoms with Crippen LogP contribution in [0.5, 0.6) is 0 Å². The van der Waals surface area contributed by atoms with E-state index >= 15 is 0 Å². The molecule has 5 rings (SSSR count). The maximum absolute atomic E-state index is 12.7. The lowest BCUT2D eigenvalue weighted by Gasteiger charge is -2.12. The first-order valence-corrected chi connectivity index (χ1v) is 9.74. The van der Waals surface area contributed by atoms with Crippen molar-refractivity contribution in [3.05, 3.63) is 79.7 Å².